The largest absolute Gasteiger partial charge is 0.497 e. The lowest BCUT2D eigenvalue weighted by atomic mass is 10.2. The quantitative estimate of drug-likeness (QED) is 0.256. The van der Waals surface area contributed by atoms with Gasteiger partial charge in [0.25, 0.3) is 0 Å². The fourth-order valence-electron chi connectivity index (χ4n) is 4.10. The van der Waals surface area contributed by atoms with Gasteiger partial charge >= 0.3 is 12.1 Å². The molecule has 0 aliphatic heterocycles. The van der Waals surface area contributed by atoms with E-state index in [1.54, 1.807) is 27.5 Å². The first kappa shape index (κ1) is 29.0. The molecule has 2 aromatic heterocycles. The van der Waals surface area contributed by atoms with Crippen molar-refractivity contribution < 1.29 is 37.3 Å². The van der Waals surface area contributed by atoms with E-state index in [9.17, 15) is 13.2 Å². The molecule has 0 saturated heterocycles. The molecule has 2 aromatic carbocycles. The average molecular weight is 573 g/mol. The van der Waals surface area contributed by atoms with Gasteiger partial charge in [0.1, 0.15) is 17.4 Å². The lowest BCUT2D eigenvalue weighted by molar-refractivity contribution is -0.192. The number of carboxylic acid groups (broad SMARTS) is 1. The molecule has 1 aliphatic rings. The molecule has 5 rings (SSSR count). The van der Waals surface area contributed by atoms with Crippen molar-refractivity contribution in [3.63, 3.8) is 0 Å². The van der Waals surface area contributed by atoms with E-state index in [1.165, 1.54) is 5.56 Å². The number of anilines is 4. The molecule has 0 atom stereocenters. The molecule has 14 heteroatoms. The zero-order valence-corrected chi connectivity index (χ0v) is 22.3. The number of benzene rings is 2. The highest BCUT2D eigenvalue weighted by atomic mass is 19.4. The first-order valence-corrected chi connectivity index (χ1v) is 12.3. The van der Waals surface area contributed by atoms with Crippen LogP contribution in [-0.2, 0) is 17.6 Å². The topological polar surface area (TPSA) is 133 Å². The SMILES string of the molecule is COc1cccc(-n2nc3c(c2Nc2ccnc(Nc4ccc(OC)c(OC)c4)n2)CCC3)c1.O=C(O)C(F)(F)F. The number of carboxylic acids is 1. The summed E-state index contributed by atoms with van der Waals surface area (Å²) in [5.74, 6) is 1.34. The van der Waals surface area contributed by atoms with Crippen molar-refractivity contribution >= 4 is 29.2 Å². The van der Waals surface area contributed by atoms with Gasteiger partial charge in [0.05, 0.1) is 32.7 Å². The number of halogens is 3. The molecule has 41 heavy (non-hydrogen) atoms. The van der Waals surface area contributed by atoms with Crippen LogP contribution in [0.25, 0.3) is 5.69 Å². The highest BCUT2D eigenvalue weighted by molar-refractivity contribution is 5.73. The monoisotopic (exact) mass is 572 g/mol. The summed E-state index contributed by atoms with van der Waals surface area (Å²) < 4.78 is 49.8. The van der Waals surface area contributed by atoms with E-state index in [0.717, 1.165) is 47.9 Å². The third-order valence-electron chi connectivity index (χ3n) is 5.99. The Morgan fingerprint density at radius 2 is 1.73 bits per heavy atom. The molecule has 0 saturated carbocycles. The van der Waals surface area contributed by atoms with Crippen molar-refractivity contribution in [1.82, 2.24) is 19.7 Å². The van der Waals surface area contributed by atoms with Crippen LogP contribution in [0, 0.1) is 0 Å². The van der Waals surface area contributed by atoms with Crippen molar-refractivity contribution in [1.29, 1.82) is 0 Å². The molecular formula is C27H27F3N6O5. The van der Waals surface area contributed by atoms with Gasteiger partial charge in [0.15, 0.2) is 11.5 Å². The Bertz CT molecular complexity index is 1530. The van der Waals surface area contributed by atoms with Crippen LogP contribution < -0.4 is 24.8 Å². The summed E-state index contributed by atoms with van der Waals surface area (Å²) in [6.07, 6.45) is -0.327. The Labute approximate surface area is 232 Å². The third-order valence-corrected chi connectivity index (χ3v) is 5.99. The van der Waals surface area contributed by atoms with Crippen LogP contribution in [-0.4, -0.2) is 58.3 Å². The van der Waals surface area contributed by atoms with Crippen LogP contribution in [0.1, 0.15) is 17.7 Å². The molecule has 0 bridgehead atoms. The van der Waals surface area contributed by atoms with Gasteiger partial charge in [-0.3, -0.25) is 0 Å². The molecular weight excluding hydrogens is 545 g/mol. The maximum Gasteiger partial charge on any atom is 0.490 e. The fraction of sp³-hybridized carbons (Fsp3) is 0.259. The number of alkyl halides is 3. The Morgan fingerprint density at radius 3 is 2.41 bits per heavy atom. The second-order valence-corrected chi connectivity index (χ2v) is 8.63. The third kappa shape index (κ3) is 6.96. The van der Waals surface area contributed by atoms with E-state index >= 15 is 0 Å². The molecule has 11 nitrogen and oxygen atoms in total. The second kappa shape index (κ2) is 12.4. The first-order chi connectivity index (χ1) is 19.6. The molecule has 4 aromatic rings. The number of rotatable bonds is 8. The predicted octanol–water partition coefficient (Wildman–Crippen LogP) is 5.30. The molecule has 0 fully saturated rings. The number of methoxy groups -OCH3 is 3. The summed E-state index contributed by atoms with van der Waals surface area (Å²) in [7, 11) is 4.87. The van der Waals surface area contributed by atoms with E-state index in [1.807, 2.05) is 53.2 Å². The van der Waals surface area contributed by atoms with Gasteiger partial charge in [-0.15, -0.1) is 0 Å². The summed E-state index contributed by atoms with van der Waals surface area (Å²) in [6.45, 7) is 0. The predicted molar refractivity (Wildman–Crippen MR) is 144 cm³/mol. The van der Waals surface area contributed by atoms with Crippen molar-refractivity contribution in [3.05, 3.63) is 66.0 Å². The van der Waals surface area contributed by atoms with E-state index in [-0.39, 0.29) is 0 Å². The number of hydrogen-bond donors (Lipinski definition) is 3. The zero-order valence-electron chi connectivity index (χ0n) is 22.3. The van der Waals surface area contributed by atoms with Crippen molar-refractivity contribution in [2.75, 3.05) is 32.0 Å². The standard InChI is InChI=1S/C25H26N6O3.C2HF3O2/c1-32-18-7-4-6-17(15-18)31-24(19-8-5-9-20(19)30-31)28-23-12-13-26-25(29-23)27-16-10-11-21(33-2)22(14-16)34-3;3-2(4,5)1(6)7/h4,6-7,10-15H,5,8-9H2,1-3H3,(H2,26,27,28,29);(H,6,7). The number of carbonyl (C=O) groups is 1. The smallest absolute Gasteiger partial charge is 0.490 e. The van der Waals surface area contributed by atoms with Gasteiger partial charge in [-0.2, -0.15) is 23.3 Å². The normalized spacial score (nSPS) is 12.0. The minimum atomic E-state index is -5.08. The molecule has 0 spiro atoms. The lowest BCUT2D eigenvalue weighted by Crippen LogP contribution is -2.21. The Morgan fingerprint density at radius 1 is 0.976 bits per heavy atom. The summed E-state index contributed by atoms with van der Waals surface area (Å²) in [6, 6.07) is 15.3. The van der Waals surface area contributed by atoms with Crippen LogP contribution >= 0.6 is 0 Å². The highest BCUT2D eigenvalue weighted by Gasteiger charge is 2.38. The molecule has 216 valence electrons. The van der Waals surface area contributed by atoms with Gasteiger partial charge in [-0.1, -0.05) is 6.07 Å². The number of nitrogens with one attached hydrogen (secondary N) is 2. The maximum absolute atomic E-state index is 10.6. The van der Waals surface area contributed by atoms with Gasteiger partial charge in [0, 0.05) is 29.6 Å². The van der Waals surface area contributed by atoms with Crippen molar-refractivity contribution in [2.45, 2.75) is 25.4 Å². The second-order valence-electron chi connectivity index (χ2n) is 8.63. The molecule has 3 N–H and O–H groups in total. The minimum Gasteiger partial charge on any atom is -0.497 e. The van der Waals surface area contributed by atoms with E-state index in [4.69, 9.17) is 29.2 Å². The molecule has 2 heterocycles. The molecule has 1 aliphatic carbocycles. The summed E-state index contributed by atoms with van der Waals surface area (Å²) in [5.41, 5.74) is 4.05. The number of hydrogen-bond acceptors (Lipinski definition) is 9. The number of ether oxygens (including phenoxy) is 3. The maximum atomic E-state index is 10.6. The zero-order chi connectivity index (χ0) is 29.6. The van der Waals surface area contributed by atoms with Crippen LogP contribution in [0.3, 0.4) is 0 Å². The first-order valence-electron chi connectivity index (χ1n) is 12.3. The Hall–Kier alpha value is -5.01. The van der Waals surface area contributed by atoms with Gasteiger partial charge in [-0.25, -0.2) is 14.5 Å². The van der Waals surface area contributed by atoms with Crippen LogP contribution in [0.5, 0.6) is 17.2 Å². The van der Waals surface area contributed by atoms with E-state index in [0.29, 0.717) is 23.3 Å². The molecule has 0 amide bonds. The van der Waals surface area contributed by atoms with E-state index in [2.05, 4.69) is 20.6 Å². The summed E-state index contributed by atoms with van der Waals surface area (Å²) in [4.78, 5) is 17.9. The number of aryl methyl sites for hydroxylation is 1. The number of fused-ring (bicyclic) bond motifs is 1. The lowest BCUT2D eigenvalue weighted by Gasteiger charge is -2.13. The van der Waals surface area contributed by atoms with Crippen molar-refractivity contribution in [3.8, 4) is 22.9 Å². The average Bonchev–Trinajstić information content (AvgIpc) is 3.56. The van der Waals surface area contributed by atoms with Crippen molar-refractivity contribution in [2.24, 2.45) is 0 Å². The Balaban J connectivity index is 0.000000493. The minimum absolute atomic E-state index is 0.460. The van der Waals surface area contributed by atoms with Crippen LogP contribution in [0.4, 0.5) is 36.4 Å². The number of aromatic nitrogens is 4. The highest BCUT2D eigenvalue weighted by Crippen LogP contribution is 2.34. The summed E-state index contributed by atoms with van der Waals surface area (Å²) >= 11 is 0. The van der Waals surface area contributed by atoms with Gasteiger partial charge < -0.3 is 30.0 Å². The molecule has 0 unspecified atom stereocenters. The van der Waals surface area contributed by atoms with Gasteiger partial charge in [-0.05, 0) is 49.6 Å². The Kier molecular flexibility index (Phi) is 8.80. The fourth-order valence-corrected chi connectivity index (χ4v) is 4.10. The number of nitrogens with zero attached hydrogens (tertiary/aromatic N) is 4. The van der Waals surface area contributed by atoms with E-state index < -0.39 is 12.1 Å². The summed E-state index contributed by atoms with van der Waals surface area (Å²) in [5, 5.41) is 18.7. The van der Waals surface area contributed by atoms with Gasteiger partial charge in [0.2, 0.25) is 5.95 Å². The van der Waals surface area contributed by atoms with Crippen LogP contribution in [0.15, 0.2) is 54.7 Å². The van der Waals surface area contributed by atoms with Crippen LogP contribution in [0.2, 0.25) is 0 Å². The number of aliphatic carboxylic acids is 1. The molecule has 0 radical (unpaired) electrons.